The van der Waals surface area contributed by atoms with Gasteiger partial charge in [-0.05, 0) is 49.3 Å². The topological polar surface area (TPSA) is 78.6 Å². The van der Waals surface area contributed by atoms with Crippen LogP contribution in [-0.2, 0) is 36.5 Å². The van der Waals surface area contributed by atoms with Crippen LogP contribution >= 0.6 is 12.2 Å². The van der Waals surface area contributed by atoms with E-state index in [9.17, 15) is 17.2 Å². The minimum absolute atomic E-state index is 0.0216. The summed E-state index contributed by atoms with van der Waals surface area (Å²) in [6, 6.07) is 4.88. The number of aromatic nitrogens is 3. The Morgan fingerprint density at radius 3 is 2.71 bits per heavy atom. The highest BCUT2D eigenvalue weighted by atomic mass is 32.2. The van der Waals surface area contributed by atoms with E-state index in [4.69, 9.17) is 17.0 Å². The smallest absolute Gasteiger partial charge is 0.387 e. The molecule has 0 saturated carbocycles. The Morgan fingerprint density at radius 2 is 2.10 bits per heavy atom. The average Bonchev–Trinajstić information content (AvgIpc) is 3.15. The third-order valence-corrected chi connectivity index (χ3v) is 7.52. The van der Waals surface area contributed by atoms with Gasteiger partial charge < -0.3 is 14.0 Å². The maximum absolute atomic E-state index is 12.6. The average molecular weight is 477 g/mol. The predicted octanol–water partition coefficient (Wildman–Crippen LogP) is 2.63. The first-order valence-corrected chi connectivity index (χ1v) is 11.9. The molecule has 1 aromatic heterocycles. The first-order chi connectivity index (χ1) is 14.6. The molecule has 3 rings (SSSR count). The van der Waals surface area contributed by atoms with Gasteiger partial charge in [-0.2, -0.15) is 13.9 Å². The van der Waals surface area contributed by atoms with Gasteiger partial charge in [-0.15, -0.1) is 0 Å². The Kier molecular flexibility index (Phi) is 7.32. The minimum atomic E-state index is -2.95. The van der Waals surface area contributed by atoms with Gasteiger partial charge in [0.05, 0.1) is 25.3 Å². The number of hydrogen-bond acceptors (Lipinski definition) is 7. The number of hydrogen-bond donors (Lipinski definition) is 0. The summed E-state index contributed by atoms with van der Waals surface area (Å²) in [6.45, 7) is -2.12. The number of nitrogens with zero attached hydrogens (tertiary/aromatic N) is 4. The van der Waals surface area contributed by atoms with Gasteiger partial charge in [0.1, 0.15) is 5.82 Å². The van der Waals surface area contributed by atoms with Gasteiger partial charge in [-0.1, -0.05) is 6.07 Å². The van der Waals surface area contributed by atoms with Crippen molar-refractivity contribution in [3.8, 4) is 11.5 Å². The van der Waals surface area contributed by atoms with Crippen molar-refractivity contribution in [1.82, 2.24) is 19.2 Å². The summed E-state index contributed by atoms with van der Waals surface area (Å²) in [7, 11) is 2.12. The Hall–Kier alpha value is -2.05. The van der Waals surface area contributed by atoms with Gasteiger partial charge in [0.25, 0.3) is 0 Å². The molecule has 1 unspecified atom stereocenters. The second kappa shape index (κ2) is 9.61. The van der Waals surface area contributed by atoms with Crippen molar-refractivity contribution in [3.05, 3.63) is 34.4 Å². The van der Waals surface area contributed by atoms with Gasteiger partial charge in [-0.25, -0.2) is 13.1 Å². The highest BCUT2D eigenvalue weighted by Gasteiger charge is 2.29. The molecule has 1 aliphatic heterocycles. The van der Waals surface area contributed by atoms with Crippen LogP contribution in [0, 0.1) is 10.7 Å². The van der Waals surface area contributed by atoms with Crippen LogP contribution in [0.15, 0.2) is 18.2 Å². The zero-order valence-corrected chi connectivity index (χ0v) is 19.3. The zero-order chi connectivity index (χ0) is 22.8. The maximum atomic E-state index is 12.6. The molecule has 12 heteroatoms. The third-order valence-electron chi connectivity index (χ3n) is 5.20. The molecule has 31 heavy (non-hydrogen) atoms. The lowest BCUT2D eigenvalue weighted by molar-refractivity contribution is -0.0512. The van der Waals surface area contributed by atoms with E-state index in [0.717, 1.165) is 11.4 Å². The van der Waals surface area contributed by atoms with Crippen molar-refractivity contribution in [2.75, 3.05) is 25.7 Å². The first-order valence-electron chi connectivity index (χ1n) is 9.71. The van der Waals surface area contributed by atoms with Gasteiger partial charge in [0, 0.05) is 20.0 Å². The van der Waals surface area contributed by atoms with Gasteiger partial charge in [-0.3, -0.25) is 4.90 Å². The Morgan fingerprint density at radius 1 is 1.35 bits per heavy atom. The van der Waals surface area contributed by atoms with Crippen molar-refractivity contribution in [3.63, 3.8) is 0 Å². The molecular weight excluding hydrogens is 450 g/mol. The summed E-state index contributed by atoms with van der Waals surface area (Å²) in [5, 5.41) is 4.58. The number of halogens is 2. The lowest BCUT2D eigenvalue weighted by atomic mass is 10.1. The van der Waals surface area contributed by atoms with E-state index in [1.165, 1.54) is 13.2 Å². The van der Waals surface area contributed by atoms with Crippen LogP contribution in [0.1, 0.15) is 17.8 Å². The van der Waals surface area contributed by atoms with Crippen LogP contribution in [0.25, 0.3) is 0 Å². The largest absolute Gasteiger partial charge is 0.493 e. The molecule has 1 atom stereocenters. The van der Waals surface area contributed by atoms with Gasteiger partial charge in [0.2, 0.25) is 0 Å². The van der Waals surface area contributed by atoms with Crippen LogP contribution in [-0.4, -0.2) is 59.9 Å². The summed E-state index contributed by atoms with van der Waals surface area (Å²) in [5.41, 5.74) is 0.762. The van der Waals surface area contributed by atoms with E-state index >= 15 is 0 Å². The maximum Gasteiger partial charge on any atom is 0.387 e. The Bertz CT molecular complexity index is 1090. The van der Waals surface area contributed by atoms with Crippen molar-refractivity contribution in [1.29, 1.82) is 0 Å². The molecule has 1 aromatic carbocycles. The van der Waals surface area contributed by atoms with Crippen molar-refractivity contribution >= 4 is 22.1 Å². The molecule has 8 nitrogen and oxygen atoms in total. The third kappa shape index (κ3) is 6.01. The Labute approximate surface area is 185 Å². The monoisotopic (exact) mass is 476 g/mol. The molecule has 1 fully saturated rings. The minimum Gasteiger partial charge on any atom is -0.493 e. The fourth-order valence-electron chi connectivity index (χ4n) is 3.69. The number of rotatable bonds is 9. The van der Waals surface area contributed by atoms with Gasteiger partial charge in [0.15, 0.2) is 26.1 Å². The summed E-state index contributed by atoms with van der Waals surface area (Å²) < 4.78 is 62.3. The molecule has 0 N–H and O–H groups in total. The van der Waals surface area contributed by atoms with Crippen LogP contribution in [0.3, 0.4) is 0 Å². The normalized spacial score (nSPS) is 18.1. The summed E-state index contributed by atoms with van der Waals surface area (Å²) in [6.07, 6.45) is 1.20. The molecule has 0 radical (unpaired) electrons. The number of alkyl halides is 2. The van der Waals surface area contributed by atoms with Crippen molar-refractivity contribution < 1.29 is 26.7 Å². The molecule has 2 heterocycles. The molecular formula is C19H26F2N4O4S2. The van der Waals surface area contributed by atoms with Crippen LogP contribution in [0.5, 0.6) is 11.5 Å². The fraction of sp³-hybridized carbons (Fsp3) is 0.579. The lowest BCUT2D eigenvalue weighted by Crippen LogP contribution is -2.22. The summed E-state index contributed by atoms with van der Waals surface area (Å²) in [4.78, 5) is 1.93. The molecule has 2 aromatic rings. The second-order valence-corrected chi connectivity index (χ2v) is 10.3. The van der Waals surface area contributed by atoms with Crippen LogP contribution in [0.4, 0.5) is 8.78 Å². The van der Waals surface area contributed by atoms with Crippen LogP contribution in [0.2, 0.25) is 0 Å². The summed E-state index contributed by atoms with van der Waals surface area (Å²) >= 11 is 5.48. The second-order valence-electron chi connectivity index (χ2n) is 7.75. The quantitative estimate of drug-likeness (QED) is 0.515. The molecule has 0 spiro atoms. The first kappa shape index (κ1) is 23.6. The standard InChI is InChI=1S/C19H26F2N4O4S2/c1-23(10-13-4-5-15(28-3)16(8-13)29-18(20)21)12-25-19(30)24(2)17(22-25)9-14-6-7-31(26,27)11-14/h4-5,8,14,18H,6-7,9-12H2,1-3H3. The lowest BCUT2D eigenvalue weighted by Gasteiger charge is -2.18. The van der Waals surface area contributed by atoms with E-state index in [2.05, 4.69) is 9.84 Å². The molecule has 1 saturated heterocycles. The van der Waals surface area contributed by atoms with Crippen molar-refractivity contribution in [2.24, 2.45) is 13.0 Å². The van der Waals surface area contributed by atoms with Crippen molar-refractivity contribution in [2.45, 2.75) is 32.7 Å². The molecule has 0 aliphatic carbocycles. The fourth-order valence-corrected chi connectivity index (χ4v) is 5.76. The molecule has 172 valence electrons. The predicted molar refractivity (Wildman–Crippen MR) is 114 cm³/mol. The number of sulfone groups is 1. The number of benzene rings is 1. The van der Waals surface area contributed by atoms with E-state index in [1.807, 2.05) is 19.0 Å². The van der Waals surface area contributed by atoms with Crippen LogP contribution < -0.4 is 9.47 Å². The molecule has 0 amide bonds. The Balaban J connectivity index is 1.68. The summed E-state index contributed by atoms with van der Waals surface area (Å²) in [5.74, 6) is 1.43. The van der Waals surface area contributed by atoms with E-state index < -0.39 is 16.4 Å². The highest BCUT2D eigenvalue weighted by molar-refractivity contribution is 7.91. The zero-order valence-electron chi connectivity index (χ0n) is 17.6. The van der Waals surface area contributed by atoms with E-state index in [-0.39, 0.29) is 28.9 Å². The highest BCUT2D eigenvalue weighted by Crippen LogP contribution is 2.30. The number of ether oxygens (including phenoxy) is 2. The van der Waals surface area contributed by atoms with Gasteiger partial charge >= 0.3 is 6.61 Å². The van der Waals surface area contributed by atoms with E-state index in [0.29, 0.717) is 30.8 Å². The van der Waals surface area contributed by atoms with E-state index in [1.54, 1.807) is 21.4 Å². The SMILES string of the molecule is COc1ccc(CN(C)Cn2nc(CC3CCS(=O)(=O)C3)n(C)c2=S)cc1OC(F)F. The molecule has 0 bridgehead atoms. The molecule has 1 aliphatic rings. The number of methoxy groups -OCH3 is 1.